The van der Waals surface area contributed by atoms with E-state index < -0.39 is 6.04 Å². The first-order valence-electron chi connectivity index (χ1n) is 7.22. The number of pyridine rings is 1. The van der Waals surface area contributed by atoms with Crippen molar-refractivity contribution in [3.8, 4) is 6.07 Å². The number of hydrogen-bond acceptors (Lipinski definition) is 4. The van der Waals surface area contributed by atoms with Gasteiger partial charge in [0.05, 0.1) is 30.7 Å². The van der Waals surface area contributed by atoms with Crippen LogP contribution in [0.3, 0.4) is 0 Å². The van der Waals surface area contributed by atoms with Crippen molar-refractivity contribution in [3.63, 3.8) is 0 Å². The number of H-pyrrole nitrogens is 1. The molecule has 3 aromatic rings. The number of carbonyl (C=O) groups excluding carboxylic acids is 1. The number of fused-ring (bicyclic) bond motifs is 1. The molecule has 0 saturated carbocycles. The summed E-state index contributed by atoms with van der Waals surface area (Å²) in [5, 5.41) is 11.6. The van der Waals surface area contributed by atoms with E-state index in [2.05, 4.69) is 21.0 Å². The molecule has 8 heteroatoms. The van der Waals surface area contributed by atoms with Gasteiger partial charge in [-0.15, -0.1) is 0 Å². The van der Waals surface area contributed by atoms with Gasteiger partial charge in [-0.1, -0.05) is 35.9 Å². The van der Waals surface area contributed by atoms with E-state index in [4.69, 9.17) is 11.6 Å². The van der Waals surface area contributed by atoms with Crippen LogP contribution in [0.15, 0.2) is 42.9 Å². The first-order valence-corrected chi connectivity index (χ1v) is 7.60. The van der Waals surface area contributed by atoms with Gasteiger partial charge in [-0.05, 0) is 0 Å². The van der Waals surface area contributed by atoms with Crippen molar-refractivity contribution < 1.29 is 4.79 Å². The molecule has 118 valence electrons. The first-order chi connectivity index (χ1) is 11.7. The zero-order chi connectivity index (χ0) is 16.7. The maximum Gasteiger partial charge on any atom is 0.332 e. The topological polar surface area (TPSA) is 88.9 Å². The molecule has 0 bridgehead atoms. The van der Waals surface area contributed by atoms with Gasteiger partial charge < -0.3 is 4.98 Å². The second-order valence-electron chi connectivity index (χ2n) is 5.34. The molecule has 1 atom stereocenters. The van der Waals surface area contributed by atoms with E-state index in [0.717, 1.165) is 10.8 Å². The number of hydrogen-bond donors (Lipinski definition) is 1. The molecule has 1 unspecified atom stereocenters. The van der Waals surface area contributed by atoms with Crippen molar-refractivity contribution >= 4 is 40.0 Å². The fourth-order valence-electron chi connectivity index (χ4n) is 2.86. The Balaban J connectivity index is 1.81. The molecule has 1 aliphatic rings. The number of imidazole rings is 1. The summed E-state index contributed by atoms with van der Waals surface area (Å²) in [7, 11) is 0. The van der Waals surface area contributed by atoms with Gasteiger partial charge in [-0.2, -0.15) is 5.26 Å². The van der Waals surface area contributed by atoms with Crippen LogP contribution < -0.4 is 9.80 Å². The SMILES string of the molecule is N#CC1CN(c2ncc(Cl)[nH]2)C(=O)N1c1cncc2ccccc12. The average molecular weight is 339 g/mol. The number of benzene rings is 1. The summed E-state index contributed by atoms with van der Waals surface area (Å²) in [6.07, 6.45) is 4.75. The monoisotopic (exact) mass is 338 g/mol. The molecule has 0 aliphatic carbocycles. The zero-order valence-corrected chi connectivity index (χ0v) is 13.1. The number of nitrogens with one attached hydrogen (secondary N) is 1. The smallest absolute Gasteiger partial charge is 0.315 e. The Labute approximate surface area is 142 Å². The van der Waals surface area contributed by atoms with Gasteiger partial charge >= 0.3 is 6.03 Å². The summed E-state index contributed by atoms with van der Waals surface area (Å²) in [5.41, 5.74) is 0.602. The largest absolute Gasteiger partial charge is 0.332 e. The van der Waals surface area contributed by atoms with E-state index in [1.54, 1.807) is 12.4 Å². The third kappa shape index (κ3) is 2.16. The average Bonchev–Trinajstić information content (AvgIpc) is 3.17. The lowest BCUT2D eigenvalue weighted by molar-refractivity contribution is 0.255. The summed E-state index contributed by atoms with van der Waals surface area (Å²) in [5.74, 6) is 0.320. The number of anilines is 2. The van der Waals surface area contributed by atoms with Crippen molar-refractivity contribution in [3.05, 3.63) is 48.0 Å². The van der Waals surface area contributed by atoms with Crippen LogP contribution in [-0.2, 0) is 0 Å². The highest BCUT2D eigenvalue weighted by molar-refractivity contribution is 6.29. The van der Waals surface area contributed by atoms with Crippen LogP contribution in [0, 0.1) is 11.3 Å². The highest BCUT2D eigenvalue weighted by Gasteiger charge is 2.41. The molecule has 1 fully saturated rings. The van der Waals surface area contributed by atoms with Crippen LogP contribution in [0.5, 0.6) is 0 Å². The van der Waals surface area contributed by atoms with Crippen LogP contribution in [0.4, 0.5) is 16.4 Å². The zero-order valence-electron chi connectivity index (χ0n) is 12.3. The number of urea groups is 1. The van der Waals surface area contributed by atoms with Crippen LogP contribution in [0.2, 0.25) is 5.15 Å². The maximum atomic E-state index is 12.9. The molecular formula is C16H11ClN6O. The van der Waals surface area contributed by atoms with Gasteiger partial charge in [0.2, 0.25) is 5.95 Å². The van der Waals surface area contributed by atoms with Crippen LogP contribution in [0.1, 0.15) is 0 Å². The minimum absolute atomic E-state index is 0.197. The molecule has 1 aromatic carbocycles. The van der Waals surface area contributed by atoms with Crippen LogP contribution in [0.25, 0.3) is 10.8 Å². The lowest BCUT2D eigenvalue weighted by atomic mass is 10.1. The third-order valence-electron chi connectivity index (χ3n) is 3.95. The predicted octanol–water partition coefficient (Wildman–Crippen LogP) is 2.95. The number of rotatable bonds is 2. The summed E-state index contributed by atoms with van der Waals surface area (Å²) in [4.78, 5) is 26.8. The minimum atomic E-state index is -0.644. The van der Waals surface area contributed by atoms with Crippen LogP contribution in [-0.4, -0.2) is 33.6 Å². The van der Waals surface area contributed by atoms with Gasteiger partial charge in [0.15, 0.2) is 0 Å². The molecule has 7 nitrogen and oxygen atoms in total. The summed E-state index contributed by atoms with van der Waals surface area (Å²) < 4.78 is 0. The Kier molecular flexibility index (Phi) is 3.32. The van der Waals surface area contributed by atoms with E-state index in [1.165, 1.54) is 16.0 Å². The number of aromatic nitrogens is 3. The molecule has 0 radical (unpaired) electrons. The Morgan fingerprint density at radius 1 is 1.29 bits per heavy atom. The number of halogens is 1. The quantitative estimate of drug-likeness (QED) is 0.778. The number of nitrogens with zero attached hydrogens (tertiary/aromatic N) is 5. The molecule has 2 aromatic heterocycles. The molecule has 4 rings (SSSR count). The fourth-order valence-corrected chi connectivity index (χ4v) is 2.99. The summed E-state index contributed by atoms with van der Waals surface area (Å²) >= 11 is 5.84. The predicted molar refractivity (Wildman–Crippen MR) is 90.0 cm³/mol. The fraction of sp³-hybridized carbons (Fsp3) is 0.125. The number of carbonyl (C=O) groups is 1. The molecular weight excluding hydrogens is 328 g/mol. The van der Waals surface area contributed by atoms with E-state index in [-0.39, 0.29) is 12.6 Å². The van der Waals surface area contributed by atoms with Crippen molar-refractivity contribution in [2.75, 3.05) is 16.3 Å². The molecule has 1 saturated heterocycles. The van der Waals surface area contributed by atoms with Crippen molar-refractivity contribution in [2.24, 2.45) is 0 Å². The van der Waals surface area contributed by atoms with Gasteiger partial charge in [0.1, 0.15) is 11.2 Å². The van der Waals surface area contributed by atoms with Crippen molar-refractivity contribution in [1.82, 2.24) is 15.0 Å². The second-order valence-corrected chi connectivity index (χ2v) is 5.75. The number of aromatic amines is 1. The Hall–Kier alpha value is -3.11. The third-order valence-corrected chi connectivity index (χ3v) is 4.14. The van der Waals surface area contributed by atoms with Crippen LogP contribution >= 0.6 is 11.6 Å². The highest BCUT2D eigenvalue weighted by atomic mass is 35.5. The van der Waals surface area contributed by atoms with Crippen molar-refractivity contribution in [1.29, 1.82) is 5.26 Å². The lowest BCUT2D eigenvalue weighted by Gasteiger charge is -2.20. The molecule has 1 N–H and O–H groups in total. The standard InChI is InChI=1S/C16H11ClN6O/c17-14-8-20-15(21-14)22-9-11(5-18)23(16(22)24)13-7-19-6-10-3-1-2-4-12(10)13/h1-4,6-8,11H,9H2,(H,20,21). The molecule has 3 heterocycles. The summed E-state index contributed by atoms with van der Waals surface area (Å²) in [6.45, 7) is 0.197. The van der Waals surface area contributed by atoms with E-state index in [9.17, 15) is 10.1 Å². The van der Waals surface area contributed by atoms with Gasteiger partial charge in [0.25, 0.3) is 0 Å². The molecule has 24 heavy (non-hydrogen) atoms. The minimum Gasteiger partial charge on any atom is -0.315 e. The van der Waals surface area contributed by atoms with E-state index in [1.807, 2.05) is 24.3 Å². The number of nitriles is 1. The second kappa shape index (κ2) is 5.51. The first kappa shape index (κ1) is 14.5. The number of amides is 2. The van der Waals surface area contributed by atoms with Gasteiger partial charge in [-0.25, -0.2) is 9.78 Å². The Bertz CT molecular complexity index is 973. The molecule has 1 aliphatic heterocycles. The van der Waals surface area contributed by atoms with Gasteiger partial charge in [-0.3, -0.25) is 14.8 Å². The molecule has 0 spiro atoms. The maximum absolute atomic E-state index is 12.9. The van der Waals surface area contributed by atoms with Gasteiger partial charge in [0, 0.05) is 17.0 Å². The highest BCUT2D eigenvalue weighted by Crippen LogP contribution is 2.32. The van der Waals surface area contributed by atoms with E-state index >= 15 is 0 Å². The van der Waals surface area contributed by atoms with Crippen molar-refractivity contribution in [2.45, 2.75) is 6.04 Å². The lowest BCUT2D eigenvalue weighted by Crippen LogP contribution is -2.35. The van der Waals surface area contributed by atoms with E-state index in [0.29, 0.717) is 16.8 Å². The summed E-state index contributed by atoms with van der Waals surface area (Å²) in [6, 6.07) is 8.79. The molecule has 2 amide bonds. The Morgan fingerprint density at radius 2 is 2.12 bits per heavy atom. The normalized spacial score (nSPS) is 17.5. The Morgan fingerprint density at radius 3 is 2.88 bits per heavy atom.